The van der Waals surface area contributed by atoms with E-state index in [2.05, 4.69) is 26.1 Å². The van der Waals surface area contributed by atoms with E-state index in [0.717, 1.165) is 5.56 Å². The van der Waals surface area contributed by atoms with Gasteiger partial charge in [-0.05, 0) is 23.1 Å². The van der Waals surface area contributed by atoms with Crippen molar-refractivity contribution in [2.24, 2.45) is 5.73 Å². The van der Waals surface area contributed by atoms with Crippen LogP contribution in [-0.4, -0.2) is 18.4 Å². The Morgan fingerprint density at radius 3 is 2.12 bits per heavy atom. The topological polar surface area (TPSA) is 72.2 Å². The van der Waals surface area contributed by atoms with Crippen LogP contribution >= 0.6 is 0 Å². The summed E-state index contributed by atoms with van der Waals surface area (Å²) in [4.78, 5) is 22.1. The molecule has 0 aliphatic carbocycles. The normalized spacial score (nSPS) is 11.0. The minimum Gasteiger partial charge on any atom is -0.368 e. The lowest BCUT2D eigenvalue weighted by molar-refractivity contribution is -0.117. The molecule has 0 saturated carbocycles. The molecule has 0 aliphatic rings. The van der Waals surface area contributed by atoms with Gasteiger partial charge in [-0.1, -0.05) is 32.9 Å². The molecule has 0 aliphatic heterocycles. The third-order valence-electron chi connectivity index (χ3n) is 2.44. The molecule has 0 radical (unpaired) electrons. The summed E-state index contributed by atoms with van der Waals surface area (Å²) in [7, 11) is 0. The van der Waals surface area contributed by atoms with Gasteiger partial charge in [0.1, 0.15) is 0 Å². The maximum Gasteiger partial charge on any atom is 0.251 e. The van der Waals surface area contributed by atoms with Crippen molar-refractivity contribution >= 4 is 11.8 Å². The van der Waals surface area contributed by atoms with Crippen LogP contribution in [0, 0.1) is 0 Å². The molecule has 0 saturated heterocycles. The number of amides is 2. The highest BCUT2D eigenvalue weighted by atomic mass is 16.2. The zero-order valence-corrected chi connectivity index (χ0v) is 10.4. The SMILES string of the molecule is CC(C)(C)c1ccc(C(=O)NCC(N)=O)cc1. The maximum absolute atomic E-state index is 11.6. The second-order valence-corrected chi connectivity index (χ2v) is 4.98. The second kappa shape index (κ2) is 4.99. The van der Waals surface area contributed by atoms with Gasteiger partial charge in [-0.25, -0.2) is 0 Å². The zero-order valence-electron chi connectivity index (χ0n) is 10.4. The number of rotatable bonds is 3. The molecule has 0 atom stereocenters. The Morgan fingerprint density at radius 2 is 1.71 bits per heavy atom. The van der Waals surface area contributed by atoms with Crippen LogP contribution in [0.15, 0.2) is 24.3 Å². The van der Waals surface area contributed by atoms with Gasteiger partial charge < -0.3 is 11.1 Å². The molecule has 3 N–H and O–H groups in total. The van der Waals surface area contributed by atoms with E-state index in [1.807, 2.05) is 12.1 Å². The van der Waals surface area contributed by atoms with Crippen LogP contribution in [0.4, 0.5) is 0 Å². The fraction of sp³-hybridized carbons (Fsp3) is 0.385. The standard InChI is InChI=1S/C13H18N2O2/c1-13(2,3)10-6-4-9(5-7-10)12(17)15-8-11(14)16/h4-7H,8H2,1-3H3,(H2,14,16)(H,15,17). The Kier molecular flexibility index (Phi) is 3.89. The Hall–Kier alpha value is -1.84. The van der Waals surface area contributed by atoms with Crippen LogP contribution in [-0.2, 0) is 10.2 Å². The number of nitrogens with two attached hydrogens (primary N) is 1. The average Bonchev–Trinajstić information content (AvgIpc) is 2.25. The van der Waals surface area contributed by atoms with Crippen molar-refractivity contribution in [2.75, 3.05) is 6.54 Å². The van der Waals surface area contributed by atoms with Gasteiger partial charge in [-0.3, -0.25) is 9.59 Å². The van der Waals surface area contributed by atoms with E-state index in [9.17, 15) is 9.59 Å². The van der Waals surface area contributed by atoms with E-state index in [4.69, 9.17) is 5.73 Å². The van der Waals surface area contributed by atoms with E-state index in [1.54, 1.807) is 12.1 Å². The molecule has 0 unspecified atom stereocenters. The number of hydrogen-bond acceptors (Lipinski definition) is 2. The van der Waals surface area contributed by atoms with Crippen molar-refractivity contribution in [1.82, 2.24) is 5.32 Å². The van der Waals surface area contributed by atoms with E-state index in [1.165, 1.54) is 0 Å². The Labute approximate surface area is 101 Å². The first kappa shape index (κ1) is 13.2. The van der Waals surface area contributed by atoms with Crippen LogP contribution in [0.2, 0.25) is 0 Å². The van der Waals surface area contributed by atoms with E-state index >= 15 is 0 Å². The molecule has 17 heavy (non-hydrogen) atoms. The number of carbonyl (C=O) groups is 2. The molecule has 1 rings (SSSR count). The molecule has 0 spiro atoms. The molecule has 92 valence electrons. The summed E-state index contributed by atoms with van der Waals surface area (Å²) in [5.41, 5.74) is 6.69. The van der Waals surface area contributed by atoms with Crippen LogP contribution in [0.5, 0.6) is 0 Å². The van der Waals surface area contributed by atoms with E-state index in [-0.39, 0.29) is 17.9 Å². The predicted molar refractivity (Wildman–Crippen MR) is 66.7 cm³/mol. The van der Waals surface area contributed by atoms with Crippen molar-refractivity contribution in [3.8, 4) is 0 Å². The summed E-state index contributed by atoms with van der Waals surface area (Å²) in [6.45, 7) is 6.18. The summed E-state index contributed by atoms with van der Waals surface area (Å²) in [5.74, 6) is -0.839. The van der Waals surface area contributed by atoms with Crippen LogP contribution in [0.3, 0.4) is 0 Å². The quantitative estimate of drug-likeness (QED) is 0.824. The second-order valence-electron chi connectivity index (χ2n) is 4.98. The van der Waals surface area contributed by atoms with Gasteiger partial charge in [0.15, 0.2) is 0 Å². The summed E-state index contributed by atoms with van der Waals surface area (Å²) < 4.78 is 0. The molecule has 0 heterocycles. The highest BCUT2D eigenvalue weighted by molar-refractivity contribution is 5.96. The highest BCUT2D eigenvalue weighted by Crippen LogP contribution is 2.22. The molecule has 1 aromatic rings. The van der Waals surface area contributed by atoms with Crippen molar-refractivity contribution in [3.63, 3.8) is 0 Å². The molecule has 2 amide bonds. The van der Waals surface area contributed by atoms with Crippen molar-refractivity contribution in [3.05, 3.63) is 35.4 Å². The fourth-order valence-corrected chi connectivity index (χ4v) is 1.39. The first-order chi connectivity index (χ1) is 7.80. The largest absolute Gasteiger partial charge is 0.368 e. The van der Waals surface area contributed by atoms with Crippen molar-refractivity contribution < 1.29 is 9.59 Å². The zero-order chi connectivity index (χ0) is 13.1. The Balaban J connectivity index is 2.74. The Bertz CT molecular complexity index is 416. The molecular formula is C13H18N2O2. The Morgan fingerprint density at radius 1 is 1.18 bits per heavy atom. The first-order valence-electron chi connectivity index (χ1n) is 5.48. The molecule has 0 bridgehead atoms. The minimum absolute atomic E-state index is 0.0578. The maximum atomic E-state index is 11.6. The highest BCUT2D eigenvalue weighted by Gasteiger charge is 2.14. The molecule has 4 nitrogen and oxygen atoms in total. The monoisotopic (exact) mass is 234 g/mol. The number of carbonyl (C=O) groups excluding carboxylic acids is 2. The van der Waals surface area contributed by atoms with Gasteiger partial charge >= 0.3 is 0 Å². The van der Waals surface area contributed by atoms with Crippen LogP contribution in [0.25, 0.3) is 0 Å². The van der Waals surface area contributed by atoms with E-state index < -0.39 is 5.91 Å². The molecular weight excluding hydrogens is 216 g/mol. The smallest absolute Gasteiger partial charge is 0.251 e. The third kappa shape index (κ3) is 3.90. The number of hydrogen-bond donors (Lipinski definition) is 2. The summed E-state index contributed by atoms with van der Waals surface area (Å²) in [5, 5.41) is 2.44. The molecule has 1 aromatic carbocycles. The summed E-state index contributed by atoms with van der Waals surface area (Å²) in [6, 6.07) is 7.33. The third-order valence-corrected chi connectivity index (χ3v) is 2.44. The van der Waals surface area contributed by atoms with Crippen molar-refractivity contribution in [2.45, 2.75) is 26.2 Å². The molecule has 0 fully saturated rings. The van der Waals surface area contributed by atoms with E-state index in [0.29, 0.717) is 5.56 Å². The van der Waals surface area contributed by atoms with Gasteiger partial charge in [-0.2, -0.15) is 0 Å². The number of primary amides is 1. The number of benzene rings is 1. The predicted octanol–water partition coefficient (Wildman–Crippen LogP) is 1.20. The number of nitrogens with one attached hydrogen (secondary N) is 1. The lowest BCUT2D eigenvalue weighted by atomic mass is 9.87. The first-order valence-corrected chi connectivity index (χ1v) is 5.48. The van der Waals surface area contributed by atoms with Gasteiger partial charge in [0.05, 0.1) is 6.54 Å². The summed E-state index contributed by atoms with van der Waals surface area (Å²) in [6.07, 6.45) is 0. The molecule has 0 aromatic heterocycles. The summed E-state index contributed by atoms with van der Waals surface area (Å²) >= 11 is 0. The van der Waals surface area contributed by atoms with Crippen LogP contribution in [0.1, 0.15) is 36.7 Å². The van der Waals surface area contributed by atoms with Gasteiger partial charge in [0, 0.05) is 5.56 Å². The molecule has 4 heteroatoms. The fourth-order valence-electron chi connectivity index (χ4n) is 1.39. The van der Waals surface area contributed by atoms with Gasteiger partial charge in [-0.15, -0.1) is 0 Å². The average molecular weight is 234 g/mol. The van der Waals surface area contributed by atoms with Gasteiger partial charge in [0.25, 0.3) is 5.91 Å². The van der Waals surface area contributed by atoms with Crippen molar-refractivity contribution in [1.29, 1.82) is 0 Å². The van der Waals surface area contributed by atoms with Gasteiger partial charge in [0.2, 0.25) is 5.91 Å². The lowest BCUT2D eigenvalue weighted by Gasteiger charge is -2.18. The van der Waals surface area contributed by atoms with Crippen LogP contribution < -0.4 is 11.1 Å². The lowest BCUT2D eigenvalue weighted by Crippen LogP contribution is -2.33. The minimum atomic E-state index is -0.551.